The first-order valence-electron chi connectivity index (χ1n) is 10.5. The third-order valence-electron chi connectivity index (χ3n) is 6.45. The molecule has 9 heteroatoms. The van der Waals surface area contributed by atoms with Crippen LogP contribution in [0.1, 0.15) is 35.8 Å². The number of pyridine rings is 2. The van der Waals surface area contributed by atoms with Gasteiger partial charge in [0.25, 0.3) is 0 Å². The number of benzene rings is 1. The van der Waals surface area contributed by atoms with Crippen LogP contribution in [0.5, 0.6) is 0 Å². The van der Waals surface area contributed by atoms with Crippen molar-refractivity contribution >= 4 is 28.4 Å². The summed E-state index contributed by atoms with van der Waals surface area (Å²) in [5.74, 6) is -0.361. The fraction of sp³-hybridized carbons (Fsp3) is 0.348. The molecule has 0 saturated carbocycles. The largest absolute Gasteiger partial charge is 0.465 e. The molecule has 166 valence electrons. The van der Waals surface area contributed by atoms with Crippen LogP contribution in [0.2, 0.25) is 0 Å². The van der Waals surface area contributed by atoms with Crippen molar-refractivity contribution in [2.45, 2.75) is 38.3 Å². The Balaban J connectivity index is 1.66. The highest BCUT2D eigenvalue weighted by Gasteiger charge is 2.30. The van der Waals surface area contributed by atoms with E-state index in [1.165, 1.54) is 11.1 Å². The van der Waals surface area contributed by atoms with Crippen LogP contribution in [-0.4, -0.2) is 45.5 Å². The molecule has 1 fully saturated rings. The number of anilines is 2. The summed E-state index contributed by atoms with van der Waals surface area (Å²) in [6, 6.07) is 2.90. The summed E-state index contributed by atoms with van der Waals surface area (Å²) in [7, 11) is 0. The van der Waals surface area contributed by atoms with Crippen molar-refractivity contribution in [3.05, 3.63) is 47.2 Å². The Hall–Kier alpha value is -3.30. The zero-order valence-electron chi connectivity index (χ0n) is 17.5. The van der Waals surface area contributed by atoms with Crippen LogP contribution >= 0.6 is 0 Å². The molecule has 0 spiro atoms. The number of fused-ring (bicyclic) bond motifs is 2. The molecule has 2 aromatic heterocycles. The predicted molar refractivity (Wildman–Crippen MR) is 117 cm³/mol. The van der Waals surface area contributed by atoms with Crippen LogP contribution in [0.25, 0.3) is 21.9 Å². The molecule has 1 saturated heterocycles. The molecule has 2 aliphatic rings. The lowest BCUT2D eigenvalue weighted by atomic mass is 9.94. The summed E-state index contributed by atoms with van der Waals surface area (Å²) < 4.78 is 20.7. The summed E-state index contributed by atoms with van der Waals surface area (Å²) in [4.78, 5) is 21.8. The van der Waals surface area contributed by atoms with Gasteiger partial charge in [0.2, 0.25) is 0 Å². The van der Waals surface area contributed by atoms with E-state index >= 15 is 4.39 Å². The molecule has 0 bridgehead atoms. The van der Waals surface area contributed by atoms with Crippen LogP contribution in [0.4, 0.5) is 20.7 Å². The minimum Gasteiger partial charge on any atom is -0.465 e. The number of hydrogen-bond donors (Lipinski definition) is 3. The maximum absolute atomic E-state index is 15.3. The minimum atomic E-state index is -1.13. The van der Waals surface area contributed by atoms with E-state index in [0.717, 1.165) is 16.8 Å². The molecule has 3 aromatic rings. The topological polar surface area (TPSA) is 122 Å². The van der Waals surface area contributed by atoms with Crippen molar-refractivity contribution in [2.75, 3.05) is 23.8 Å². The molecule has 1 aliphatic carbocycles. The third kappa shape index (κ3) is 3.16. The first-order chi connectivity index (χ1) is 15.4. The molecule has 2 atom stereocenters. The van der Waals surface area contributed by atoms with Crippen molar-refractivity contribution in [1.82, 2.24) is 9.97 Å². The second kappa shape index (κ2) is 7.68. The molecule has 0 radical (unpaired) electrons. The van der Waals surface area contributed by atoms with Crippen molar-refractivity contribution < 1.29 is 24.1 Å². The lowest BCUT2D eigenvalue weighted by molar-refractivity contribution is 0.179. The number of aliphatic hydroxyl groups excluding tert-OH is 1. The number of carboxylic acid groups (broad SMARTS) is 1. The highest BCUT2D eigenvalue weighted by atomic mass is 19.1. The Morgan fingerprint density at radius 2 is 2.06 bits per heavy atom. The second-order valence-corrected chi connectivity index (χ2v) is 8.30. The van der Waals surface area contributed by atoms with Crippen LogP contribution in [-0.2, 0) is 11.2 Å². The van der Waals surface area contributed by atoms with Gasteiger partial charge in [-0.05, 0) is 49.3 Å². The number of nitrogen functional groups attached to an aromatic ring is 1. The highest BCUT2D eigenvalue weighted by Crippen LogP contribution is 2.40. The van der Waals surface area contributed by atoms with Gasteiger partial charge >= 0.3 is 6.09 Å². The number of nitrogens with two attached hydrogens (primary N) is 1. The van der Waals surface area contributed by atoms with Gasteiger partial charge in [0.1, 0.15) is 5.82 Å². The number of halogens is 1. The summed E-state index contributed by atoms with van der Waals surface area (Å²) in [6.45, 7) is 2.63. The van der Waals surface area contributed by atoms with E-state index in [-0.39, 0.29) is 23.1 Å². The number of aromatic nitrogens is 2. The number of aryl methyl sites for hydroxylation is 1. The van der Waals surface area contributed by atoms with Crippen LogP contribution in [0.3, 0.4) is 0 Å². The number of hydrogen-bond acceptors (Lipinski definition) is 6. The van der Waals surface area contributed by atoms with Gasteiger partial charge in [0.05, 0.1) is 24.4 Å². The number of amides is 1. The quantitative estimate of drug-likeness (QED) is 0.534. The Kier molecular flexibility index (Phi) is 4.94. The fourth-order valence-electron chi connectivity index (χ4n) is 4.78. The highest BCUT2D eigenvalue weighted by molar-refractivity contribution is 5.99. The van der Waals surface area contributed by atoms with Crippen molar-refractivity contribution in [3.63, 3.8) is 0 Å². The normalized spacial score (nSPS) is 20.0. The molecule has 0 unspecified atom stereocenters. The van der Waals surface area contributed by atoms with Gasteiger partial charge in [-0.2, -0.15) is 0 Å². The zero-order valence-corrected chi connectivity index (χ0v) is 17.5. The monoisotopic (exact) mass is 438 g/mol. The SMILES string of the molecule is Cc1c(-c2cc3cc(N(C(=O)O)[C@@H]4CCOC4)ncc3c(N)c2F)cnc2c1[C@H](O)CC2. The van der Waals surface area contributed by atoms with Gasteiger partial charge in [-0.25, -0.2) is 14.2 Å². The lowest BCUT2D eigenvalue weighted by Crippen LogP contribution is -2.40. The Morgan fingerprint density at radius 3 is 2.78 bits per heavy atom. The molecule has 4 N–H and O–H groups in total. The molecular formula is C23H23FN4O4. The first kappa shape index (κ1) is 20.6. The molecule has 3 heterocycles. The van der Waals surface area contributed by atoms with Gasteiger partial charge in [0, 0.05) is 46.8 Å². The second-order valence-electron chi connectivity index (χ2n) is 8.30. The smallest absolute Gasteiger partial charge is 0.413 e. The van der Waals surface area contributed by atoms with E-state index in [1.54, 1.807) is 18.3 Å². The molecule has 1 amide bonds. The van der Waals surface area contributed by atoms with Crippen molar-refractivity contribution in [1.29, 1.82) is 0 Å². The minimum absolute atomic E-state index is 0.0666. The molecule has 1 aliphatic heterocycles. The summed E-state index contributed by atoms with van der Waals surface area (Å²) in [5.41, 5.74) is 9.20. The number of nitrogens with zero attached hydrogens (tertiary/aromatic N) is 3. The van der Waals surface area contributed by atoms with Crippen molar-refractivity contribution in [3.8, 4) is 11.1 Å². The van der Waals surface area contributed by atoms with E-state index in [4.69, 9.17) is 10.5 Å². The number of ether oxygens (including phenoxy) is 1. The van der Waals surface area contributed by atoms with Gasteiger partial charge in [0.15, 0.2) is 5.82 Å². The van der Waals surface area contributed by atoms with E-state index in [9.17, 15) is 15.0 Å². The average Bonchev–Trinajstić information content (AvgIpc) is 3.42. The van der Waals surface area contributed by atoms with Gasteiger partial charge < -0.3 is 20.7 Å². The predicted octanol–water partition coefficient (Wildman–Crippen LogP) is 3.58. The van der Waals surface area contributed by atoms with Crippen LogP contribution in [0.15, 0.2) is 24.5 Å². The van der Waals surface area contributed by atoms with E-state index in [1.807, 2.05) is 6.92 Å². The zero-order chi connectivity index (χ0) is 22.6. The fourth-order valence-corrected chi connectivity index (χ4v) is 4.78. The van der Waals surface area contributed by atoms with E-state index in [0.29, 0.717) is 48.8 Å². The Labute approximate surface area is 183 Å². The van der Waals surface area contributed by atoms with Crippen LogP contribution < -0.4 is 10.6 Å². The number of carbonyl (C=O) groups is 1. The molecular weight excluding hydrogens is 415 g/mol. The van der Waals surface area contributed by atoms with Gasteiger partial charge in [-0.3, -0.25) is 9.88 Å². The average molecular weight is 438 g/mol. The first-order valence-corrected chi connectivity index (χ1v) is 10.5. The summed E-state index contributed by atoms with van der Waals surface area (Å²) in [6.07, 6.45) is 3.12. The molecule has 5 rings (SSSR count). The number of aliphatic hydroxyl groups is 1. The van der Waals surface area contributed by atoms with E-state index < -0.39 is 18.0 Å². The maximum atomic E-state index is 15.3. The Morgan fingerprint density at radius 1 is 1.25 bits per heavy atom. The van der Waals surface area contributed by atoms with Gasteiger partial charge in [-0.1, -0.05) is 0 Å². The molecule has 32 heavy (non-hydrogen) atoms. The summed E-state index contributed by atoms with van der Waals surface area (Å²) in [5, 5.41) is 21.1. The Bertz CT molecular complexity index is 1240. The van der Waals surface area contributed by atoms with Gasteiger partial charge in [-0.15, -0.1) is 0 Å². The lowest BCUT2D eigenvalue weighted by Gasteiger charge is -2.24. The van der Waals surface area contributed by atoms with Crippen LogP contribution in [0, 0.1) is 12.7 Å². The van der Waals surface area contributed by atoms with Crippen molar-refractivity contribution in [2.24, 2.45) is 0 Å². The molecule has 8 nitrogen and oxygen atoms in total. The number of rotatable bonds is 3. The summed E-state index contributed by atoms with van der Waals surface area (Å²) >= 11 is 0. The maximum Gasteiger partial charge on any atom is 0.413 e. The standard InChI is InChI=1S/C23H23FN4O4/c1-11-15(8-26-17-2-3-18(29)20(11)17)14-6-12-7-19(27-9-16(12)22(25)21(14)24)28(23(30)31)13-4-5-32-10-13/h6-9,13,18,29H,2-5,10,25H2,1H3,(H,30,31)/t13-,18-/m1/s1. The van der Waals surface area contributed by atoms with E-state index in [2.05, 4.69) is 9.97 Å². The molecule has 1 aromatic carbocycles. The third-order valence-corrected chi connectivity index (χ3v) is 6.45.